The Morgan fingerprint density at radius 2 is 2.19 bits per heavy atom. The molecule has 0 fully saturated rings. The molecule has 1 atom stereocenters. The number of aromatic carboxylic acids is 1. The molecule has 0 spiro atoms. The molecular formula is C17H20O3S. The molecule has 0 amide bonds. The maximum absolute atomic E-state index is 11.8. The Balaban J connectivity index is 2.10. The number of aliphatic hydroxyl groups is 1. The highest BCUT2D eigenvalue weighted by Crippen LogP contribution is 2.46. The third-order valence-corrected chi connectivity index (χ3v) is 5.87. The minimum atomic E-state index is -0.859. The van der Waals surface area contributed by atoms with Gasteiger partial charge < -0.3 is 10.2 Å². The normalized spacial score (nSPS) is 23.5. The van der Waals surface area contributed by atoms with Crippen LogP contribution < -0.4 is 0 Å². The quantitative estimate of drug-likeness (QED) is 0.849. The van der Waals surface area contributed by atoms with E-state index in [1.54, 1.807) is 17.4 Å². The van der Waals surface area contributed by atoms with Gasteiger partial charge in [-0.05, 0) is 42.7 Å². The summed E-state index contributed by atoms with van der Waals surface area (Å²) in [5, 5.41) is 19.8. The summed E-state index contributed by atoms with van der Waals surface area (Å²) in [7, 11) is 0. The third-order valence-electron chi connectivity index (χ3n) is 4.46. The first-order valence-electron chi connectivity index (χ1n) is 7.32. The van der Waals surface area contributed by atoms with Gasteiger partial charge in [-0.25, -0.2) is 4.79 Å². The summed E-state index contributed by atoms with van der Waals surface area (Å²) in [6.45, 7) is 4.39. The Hall–Kier alpha value is -1.55. The molecule has 2 aliphatic rings. The van der Waals surface area contributed by atoms with Crippen LogP contribution in [0.2, 0.25) is 0 Å². The van der Waals surface area contributed by atoms with Crippen LogP contribution in [0, 0.1) is 5.41 Å². The van der Waals surface area contributed by atoms with Gasteiger partial charge in [-0.3, -0.25) is 0 Å². The lowest BCUT2D eigenvalue weighted by Crippen LogP contribution is -2.22. The number of carboxylic acid groups (broad SMARTS) is 1. The summed E-state index contributed by atoms with van der Waals surface area (Å²) in [5.41, 5.74) is 1.60. The first-order valence-corrected chi connectivity index (χ1v) is 8.14. The van der Waals surface area contributed by atoms with Gasteiger partial charge >= 0.3 is 5.97 Å². The van der Waals surface area contributed by atoms with E-state index in [1.807, 2.05) is 12.2 Å². The van der Waals surface area contributed by atoms with E-state index in [9.17, 15) is 15.0 Å². The molecule has 3 rings (SSSR count). The molecule has 0 saturated heterocycles. The van der Waals surface area contributed by atoms with Crippen molar-refractivity contribution in [2.45, 2.75) is 45.4 Å². The molecular weight excluding hydrogens is 284 g/mol. The second-order valence-electron chi connectivity index (χ2n) is 6.70. The van der Waals surface area contributed by atoms with Crippen LogP contribution in [-0.4, -0.2) is 16.2 Å². The van der Waals surface area contributed by atoms with Crippen LogP contribution in [0.25, 0.3) is 0 Å². The number of rotatable bonds is 2. The van der Waals surface area contributed by atoms with Crippen molar-refractivity contribution in [3.8, 4) is 0 Å². The van der Waals surface area contributed by atoms with Gasteiger partial charge in [-0.15, -0.1) is 11.3 Å². The van der Waals surface area contributed by atoms with Gasteiger partial charge in [-0.2, -0.15) is 0 Å². The van der Waals surface area contributed by atoms with Crippen molar-refractivity contribution in [3.05, 3.63) is 44.9 Å². The van der Waals surface area contributed by atoms with Crippen molar-refractivity contribution >= 4 is 17.3 Å². The zero-order chi connectivity index (χ0) is 15.2. The van der Waals surface area contributed by atoms with Crippen LogP contribution in [0.15, 0.2) is 24.0 Å². The lowest BCUT2D eigenvalue weighted by Gasteiger charge is -2.29. The van der Waals surface area contributed by atoms with Gasteiger partial charge in [0.2, 0.25) is 0 Å². The highest BCUT2D eigenvalue weighted by molar-refractivity contribution is 7.12. The second kappa shape index (κ2) is 5.02. The maximum Gasteiger partial charge on any atom is 0.337 e. The molecule has 2 N–H and O–H groups in total. The smallest absolute Gasteiger partial charge is 0.337 e. The van der Waals surface area contributed by atoms with Gasteiger partial charge in [0.1, 0.15) is 5.76 Å². The molecule has 0 bridgehead atoms. The number of carbonyl (C=O) groups is 1. The van der Waals surface area contributed by atoms with E-state index in [0.717, 1.165) is 29.7 Å². The zero-order valence-corrected chi connectivity index (χ0v) is 13.2. The number of aliphatic hydroxyl groups excluding tert-OH is 1. The van der Waals surface area contributed by atoms with Crippen molar-refractivity contribution in [1.29, 1.82) is 0 Å². The van der Waals surface area contributed by atoms with Crippen LogP contribution in [0.4, 0.5) is 0 Å². The number of fused-ring (bicyclic) bond motifs is 1. The molecule has 0 saturated carbocycles. The van der Waals surface area contributed by atoms with Gasteiger partial charge in [0.05, 0.1) is 11.5 Å². The number of aryl methyl sites for hydroxylation is 1. The van der Waals surface area contributed by atoms with Crippen LogP contribution in [0.3, 0.4) is 0 Å². The van der Waals surface area contributed by atoms with Crippen molar-refractivity contribution < 1.29 is 15.0 Å². The molecule has 1 unspecified atom stereocenters. The van der Waals surface area contributed by atoms with Gasteiger partial charge in [0, 0.05) is 9.75 Å². The van der Waals surface area contributed by atoms with E-state index in [0.29, 0.717) is 12.0 Å². The number of hydrogen-bond acceptors (Lipinski definition) is 3. The predicted octanol–water partition coefficient (Wildman–Crippen LogP) is 4.45. The Bertz CT molecular complexity index is 649. The molecule has 0 aromatic carbocycles. The SMILES string of the molecule is CC1(C)CCc2sc(C3CC=CC=C3O)c(C(=O)O)c2C1. The highest BCUT2D eigenvalue weighted by Gasteiger charge is 2.35. The zero-order valence-electron chi connectivity index (χ0n) is 12.3. The fraction of sp³-hybridized carbons (Fsp3) is 0.471. The average Bonchev–Trinajstić information content (AvgIpc) is 2.76. The second-order valence-corrected chi connectivity index (χ2v) is 7.83. The van der Waals surface area contributed by atoms with Crippen LogP contribution >= 0.6 is 11.3 Å². The van der Waals surface area contributed by atoms with Crippen molar-refractivity contribution in [2.75, 3.05) is 0 Å². The van der Waals surface area contributed by atoms with E-state index in [2.05, 4.69) is 13.8 Å². The molecule has 112 valence electrons. The van der Waals surface area contributed by atoms with E-state index in [-0.39, 0.29) is 17.1 Å². The number of thiophene rings is 1. The molecule has 1 aromatic rings. The fourth-order valence-electron chi connectivity index (χ4n) is 3.28. The molecule has 1 aromatic heterocycles. The van der Waals surface area contributed by atoms with Crippen LogP contribution in [0.1, 0.15) is 58.3 Å². The predicted molar refractivity (Wildman–Crippen MR) is 84.3 cm³/mol. The van der Waals surface area contributed by atoms with E-state index >= 15 is 0 Å². The van der Waals surface area contributed by atoms with Crippen molar-refractivity contribution in [1.82, 2.24) is 0 Å². The van der Waals surface area contributed by atoms with Gasteiger partial charge in [0.15, 0.2) is 0 Å². The summed E-state index contributed by atoms with van der Waals surface area (Å²) in [6.07, 6.45) is 8.99. The summed E-state index contributed by atoms with van der Waals surface area (Å²) < 4.78 is 0. The molecule has 4 heteroatoms. The molecule has 2 aliphatic carbocycles. The number of hydrogen-bond donors (Lipinski definition) is 2. The lowest BCUT2D eigenvalue weighted by molar-refractivity contribution is 0.0693. The summed E-state index contributed by atoms with van der Waals surface area (Å²) in [5.74, 6) is -0.778. The Morgan fingerprint density at radius 3 is 2.86 bits per heavy atom. The van der Waals surface area contributed by atoms with Gasteiger partial charge in [0.25, 0.3) is 0 Å². The van der Waals surface area contributed by atoms with E-state index in [1.165, 1.54) is 4.88 Å². The van der Waals surface area contributed by atoms with Crippen LogP contribution in [-0.2, 0) is 12.8 Å². The molecule has 0 aliphatic heterocycles. The first-order chi connectivity index (χ1) is 9.89. The average molecular weight is 304 g/mol. The van der Waals surface area contributed by atoms with E-state index in [4.69, 9.17) is 0 Å². The minimum absolute atomic E-state index is 0.153. The molecule has 3 nitrogen and oxygen atoms in total. The van der Waals surface area contributed by atoms with Gasteiger partial charge in [-0.1, -0.05) is 26.0 Å². The summed E-state index contributed by atoms with van der Waals surface area (Å²) in [6, 6.07) is 0. The summed E-state index contributed by atoms with van der Waals surface area (Å²) in [4.78, 5) is 13.8. The summed E-state index contributed by atoms with van der Waals surface area (Å²) >= 11 is 1.59. The van der Waals surface area contributed by atoms with Crippen LogP contribution in [0.5, 0.6) is 0 Å². The monoisotopic (exact) mass is 304 g/mol. The third kappa shape index (κ3) is 2.53. The topological polar surface area (TPSA) is 57.5 Å². The highest BCUT2D eigenvalue weighted by atomic mass is 32.1. The Labute approximate surface area is 128 Å². The molecule has 1 heterocycles. The number of carboxylic acids is 1. The fourth-order valence-corrected chi connectivity index (χ4v) is 4.72. The largest absolute Gasteiger partial charge is 0.512 e. The molecule has 21 heavy (non-hydrogen) atoms. The number of allylic oxidation sites excluding steroid dienone is 4. The van der Waals surface area contributed by atoms with Crippen molar-refractivity contribution in [3.63, 3.8) is 0 Å². The first kappa shape index (κ1) is 14.4. The Morgan fingerprint density at radius 1 is 1.43 bits per heavy atom. The van der Waals surface area contributed by atoms with Crippen molar-refractivity contribution in [2.24, 2.45) is 5.41 Å². The Kier molecular flexibility index (Phi) is 3.44. The maximum atomic E-state index is 11.8. The van der Waals surface area contributed by atoms with E-state index < -0.39 is 5.97 Å². The lowest BCUT2D eigenvalue weighted by atomic mass is 9.75. The molecule has 0 radical (unpaired) electrons. The standard InChI is InChI=1S/C17H20O3S/c1-17(2)8-7-13-11(9-17)14(16(19)20)15(21-13)10-5-3-4-6-12(10)18/h3-4,6,10,18H,5,7-9H2,1-2H3,(H,19,20). The minimum Gasteiger partial charge on any atom is -0.512 e.